The second-order valence-electron chi connectivity index (χ2n) is 4.31. The largest absolute Gasteiger partial charge is 0.396 e. The third-order valence-corrected chi connectivity index (χ3v) is 3.09. The van der Waals surface area contributed by atoms with Gasteiger partial charge >= 0.3 is 0 Å². The first-order valence-corrected chi connectivity index (χ1v) is 4.85. The molecule has 0 fully saturated rings. The molecule has 1 unspecified atom stereocenters. The lowest BCUT2D eigenvalue weighted by Gasteiger charge is -2.31. The SMILES string of the molecule is CC(CO)C(C)(C)c1ccc(F)cc1. The molecular weight excluding hydrogens is 179 g/mol. The maximum Gasteiger partial charge on any atom is 0.123 e. The molecule has 0 heterocycles. The molecule has 0 saturated carbocycles. The highest BCUT2D eigenvalue weighted by atomic mass is 19.1. The summed E-state index contributed by atoms with van der Waals surface area (Å²) in [4.78, 5) is 0. The Kier molecular flexibility index (Phi) is 3.27. The van der Waals surface area contributed by atoms with Gasteiger partial charge in [-0.05, 0) is 29.0 Å². The van der Waals surface area contributed by atoms with Gasteiger partial charge in [-0.25, -0.2) is 4.39 Å². The minimum Gasteiger partial charge on any atom is -0.396 e. The Bertz CT molecular complexity index is 290. The van der Waals surface area contributed by atoms with Crippen molar-refractivity contribution in [1.82, 2.24) is 0 Å². The van der Waals surface area contributed by atoms with Crippen molar-refractivity contribution in [3.05, 3.63) is 35.6 Å². The number of hydrogen-bond donors (Lipinski definition) is 1. The van der Waals surface area contributed by atoms with Gasteiger partial charge in [0.25, 0.3) is 0 Å². The van der Waals surface area contributed by atoms with Crippen LogP contribution in [0.4, 0.5) is 4.39 Å². The second-order valence-corrected chi connectivity index (χ2v) is 4.31. The summed E-state index contributed by atoms with van der Waals surface area (Å²) >= 11 is 0. The number of hydrogen-bond acceptors (Lipinski definition) is 1. The topological polar surface area (TPSA) is 20.2 Å². The van der Waals surface area contributed by atoms with Crippen LogP contribution < -0.4 is 0 Å². The Morgan fingerprint density at radius 2 is 1.79 bits per heavy atom. The zero-order valence-corrected chi connectivity index (χ0v) is 8.92. The molecule has 0 bridgehead atoms. The van der Waals surface area contributed by atoms with Gasteiger partial charge in [-0.3, -0.25) is 0 Å². The molecule has 2 heteroatoms. The molecule has 0 aliphatic heterocycles. The molecular formula is C12H17FO. The third-order valence-electron chi connectivity index (χ3n) is 3.09. The minimum atomic E-state index is -0.221. The number of benzene rings is 1. The van der Waals surface area contributed by atoms with Gasteiger partial charge < -0.3 is 5.11 Å². The molecule has 1 aromatic rings. The highest BCUT2D eigenvalue weighted by molar-refractivity contribution is 5.24. The number of aliphatic hydroxyl groups is 1. The smallest absolute Gasteiger partial charge is 0.123 e. The van der Waals surface area contributed by atoms with Gasteiger partial charge in [0.15, 0.2) is 0 Å². The van der Waals surface area contributed by atoms with E-state index in [2.05, 4.69) is 13.8 Å². The average Bonchev–Trinajstić information content (AvgIpc) is 2.17. The second kappa shape index (κ2) is 4.09. The summed E-state index contributed by atoms with van der Waals surface area (Å²) in [5.74, 6) is -0.0610. The van der Waals surface area contributed by atoms with Crippen LogP contribution in [0.25, 0.3) is 0 Å². The lowest BCUT2D eigenvalue weighted by atomic mass is 9.75. The fourth-order valence-electron chi connectivity index (χ4n) is 1.39. The normalized spacial score (nSPS) is 14.1. The van der Waals surface area contributed by atoms with Crippen molar-refractivity contribution >= 4 is 0 Å². The van der Waals surface area contributed by atoms with Crippen LogP contribution in [0.5, 0.6) is 0 Å². The molecule has 1 aromatic carbocycles. The van der Waals surface area contributed by atoms with Gasteiger partial charge in [0, 0.05) is 6.61 Å². The van der Waals surface area contributed by atoms with E-state index in [9.17, 15) is 4.39 Å². The monoisotopic (exact) mass is 196 g/mol. The molecule has 0 aromatic heterocycles. The molecule has 0 aliphatic rings. The number of rotatable bonds is 3. The first-order chi connectivity index (χ1) is 6.48. The summed E-state index contributed by atoms with van der Waals surface area (Å²) in [7, 11) is 0. The van der Waals surface area contributed by atoms with E-state index in [1.165, 1.54) is 12.1 Å². The zero-order valence-electron chi connectivity index (χ0n) is 8.92. The maximum absolute atomic E-state index is 12.7. The fourth-order valence-corrected chi connectivity index (χ4v) is 1.39. The van der Waals surface area contributed by atoms with Crippen molar-refractivity contribution in [1.29, 1.82) is 0 Å². The summed E-state index contributed by atoms with van der Waals surface area (Å²) < 4.78 is 12.7. The Morgan fingerprint density at radius 1 is 1.29 bits per heavy atom. The summed E-state index contributed by atoms with van der Waals surface area (Å²) in [5.41, 5.74) is 0.933. The van der Waals surface area contributed by atoms with Crippen molar-refractivity contribution < 1.29 is 9.50 Å². The third kappa shape index (κ3) is 2.13. The van der Waals surface area contributed by atoms with Crippen molar-refractivity contribution in [3.63, 3.8) is 0 Å². The first kappa shape index (κ1) is 11.2. The molecule has 0 amide bonds. The van der Waals surface area contributed by atoms with E-state index >= 15 is 0 Å². The summed E-state index contributed by atoms with van der Waals surface area (Å²) in [6.45, 7) is 6.25. The molecule has 0 spiro atoms. The fraction of sp³-hybridized carbons (Fsp3) is 0.500. The molecule has 14 heavy (non-hydrogen) atoms. The van der Waals surface area contributed by atoms with E-state index < -0.39 is 0 Å². The van der Waals surface area contributed by atoms with Gasteiger partial charge in [0.2, 0.25) is 0 Å². The van der Waals surface area contributed by atoms with Gasteiger partial charge in [-0.2, -0.15) is 0 Å². The lowest BCUT2D eigenvalue weighted by molar-refractivity contribution is 0.181. The van der Waals surface area contributed by atoms with Gasteiger partial charge in [0.1, 0.15) is 5.82 Å². The van der Waals surface area contributed by atoms with E-state index in [0.717, 1.165) is 5.56 Å². The maximum atomic E-state index is 12.7. The zero-order chi connectivity index (χ0) is 10.8. The van der Waals surface area contributed by atoms with Crippen molar-refractivity contribution in [3.8, 4) is 0 Å². The summed E-state index contributed by atoms with van der Waals surface area (Å²) in [6.07, 6.45) is 0. The molecule has 1 rings (SSSR count). The highest BCUT2D eigenvalue weighted by Gasteiger charge is 2.27. The standard InChI is InChI=1S/C12H17FO/c1-9(8-14)12(2,3)10-4-6-11(13)7-5-10/h4-7,9,14H,8H2,1-3H3. The number of aliphatic hydroxyl groups excluding tert-OH is 1. The van der Waals surface area contributed by atoms with Crippen LogP contribution in [-0.4, -0.2) is 11.7 Å². The van der Waals surface area contributed by atoms with E-state index in [-0.39, 0.29) is 23.8 Å². The van der Waals surface area contributed by atoms with Crippen LogP contribution in [0.3, 0.4) is 0 Å². The quantitative estimate of drug-likeness (QED) is 0.788. The van der Waals surface area contributed by atoms with Crippen LogP contribution in [-0.2, 0) is 5.41 Å². The van der Waals surface area contributed by atoms with Crippen LogP contribution in [0.15, 0.2) is 24.3 Å². The van der Waals surface area contributed by atoms with E-state index in [0.29, 0.717) is 0 Å². The minimum absolute atomic E-state index is 0.123. The molecule has 78 valence electrons. The Labute approximate surface area is 84.6 Å². The van der Waals surface area contributed by atoms with Crippen LogP contribution in [0, 0.1) is 11.7 Å². The predicted octanol–water partition coefficient (Wildman–Crippen LogP) is 2.73. The van der Waals surface area contributed by atoms with Crippen molar-refractivity contribution in [2.45, 2.75) is 26.2 Å². The molecule has 0 aliphatic carbocycles. The molecule has 1 nitrogen and oxygen atoms in total. The first-order valence-electron chi connectivity index (χ1n) is 4.85. The van der Waals surface area contributed by atoms with Crippen molar-refractivity contribution in [2.75, 3.05) is 6.61 Å². The van der Waals surface area contributed by atoms with Gasteiger partial charge in [-0.15, -0.1) is 0 Å². The average molecular weight is 196 g/mol. The molecule has 1 atom stereocenters. The highest BCUT2D eigenvalue weighted by Crippen LogP contribution is 2.31. The van der Waals surface area contributed by atoms with E-state index in [4.69, 9.17) is 5.11 Å². The summed E-state index contributed by atoms with van der Waals surface area (Å²) in [6, 6.07) is 6.48. The van der Waals surface area contributed by atoms with Gasteiger partial charge in [0.05, 0.1) is 0 Å². The van der Waals surface area contributed by atoms with Gasteiger partial charge in [-0.1, -0.05) is 32.9 Å². The molecule has 1 N–H and O–H groups in total. The van der Waals surface area contributed by atoms with Crippen LogP contribution >= 0.6 is 0 Å². The molecule has 0 saturated heterocycles. The Morgan fingerprint density at radius 3 is 2.21 bits per heavy atom. The van der Waals surface area contributed by atoms with Crippen LogP contribution in [0.1, 0.15) is 26.3 Å². The predicted molar refractivity (Wildman–Crippen MR) is 55.7 cm³/mol. The lowest BCUT2D eigenvalue weighted by Crippen LogP contribution is -2.29. The van der Waals surface area contributed by atoms with Crippen LogP contribution in [0.2, 0.25) is 0 Å². The van der Waals surface area contributed by atoms with E-state index in [1.807, 2.05) is 6.92 Å². The Balaban J connectivity index is 2.97. The number of halogens is 1. The summed E-state index contributed by atoms with van der Waals surface area (Å²) in [5, 5.41) is 9.11. The van der Waals surface area contributed by atoms with Crippen molar-refractivity contribution in [2.24, 2.45) is 5.92 Å². The van der Waals surface area contributed by atoms with E-state index in [1.54, 1.807) is 12.1 Å². The molecule has 0 radical (unpaired) electrons. The Hall–Kier alpha value is -0.890.